The van der Waals surface area contributed by atoms with E-state index in [1.807, 2.05) is 31.2 Å². The minimum Gasteiger partial charge on any atom is -0.356 e. The molecule has 0 fully saturated rings. The molecule has 4 heteroatoms. The molecule has 1 N–H and O–H groups in total. The van der Waals surface area contributed by atoms with Crippen LogP contribution in [0.25, 0.3) is 11.3 Å². The zero-order valence-corrected chi connectivity index (χ0v) is 10.7. The molecule has 0 atom stereocenters. The zero-order valence-electron chi connectivity index (χ0n) is 9.96. The van der Waals surface area contributed by atoms with Crippen molar-refractivity contribution in [2.75, 3.05) is 6.54 Å². The van der Waals surface area contributed by atoms with Crippen molar-refractivity contribution >= 4 is 11.6 Å². The van der Waals surface area contributed by atoms with Gasteiger partial charge in [0.15, 0.2) is 5.76 Å². The lowest BCUT2D eigenvalue weighted by Gasteiger charge is -1.99. The Kier molecular flexibility index (Phi) is 3.82. The van der Waals surface area contributed by atoms with Crippen LogP contribution in [0.5, 0.6) is 0 Å². The Hall–Kier alpha value is -1.32. The molecule has 0 aliphatic carbocycles. The summed E-state index contributed by atoms with van der Waals surface area (Å²) >= 11 is 5.86. The normalized spacial score (nSPS) is 10.8. The monoisotopic (exact) mass is 250 g/mol. The van der Waals surface area contributed by atoms with Crippen LogP contribution in [0.4, 0.5) is 0 Å². The van der Waals surface area contributed by atoms with Crippen LogP contribution in [-0.4, -0.2) is 11.7 Å². The molecule has 90 valence electrons. The van der Waals surface area contributed by atoms with Crippen LogP contribution in [-0.2, 0) is 6.54 Å². The highest BCUT2D eigenvalue weighted by Gasteiger charge is 2.12. The molecule has 0 saturated carbocycles. The van der Waals surface area contributed by atoms with Gasteiger partial charge < -0.3 is 9.84 Å². The van der Waals surface area contributed by atoms with E-state index in [1.54, 1.807) is 0 Å². The molecule has 2 rings (SSSR count). The summed E-state index contributed by atoms with van der Waals surface area (Å²) in [5.41, 5.74) is 3.03. The third-order valence-corrected chi connectivity index (χ3v) is 2.92. The van der Waals surface area contributed by atoms with Gasteiger partial charge in [-0.2, -0.15) is 0 Å². The van der Waals surface area contributed by atoms with Gasteiger partial charge in [-0.25, -0.2) is 0 Å². The maximum absolute atomic E-state index is 5.86. The Morgan fingerprint density at radius 1 is 1.29 bits per heavy atom. The van der Waals surface area contributed by atoms with Gasteiger partial charge in [0, 0.05) is 22.7 Å². The van der Waals surface area contributed by atoms with Crippen molar-refractivity contribution < 1.29 is 4.52 Å². The molecule has 2 aromatic rings. The summed E-state index contributed by atoms with van der Waals surface area (Å²) in [6.45, 7) is 5.74. The van der Waals surface area contributed by atoms with E-state index in [9.17, 15) is 0 Å². The summed E-state index contributed by atoms with van der Waals surface area (Å²) in [5.74, 6) is 0.814. The van der Waals surface area contributed by atoms with Crippen molar-refractivity contribution in [2.45, 2.75) is 20.4 Å². The fraction of sp³-hybridized carbons (Fsp3) is 0.308. The fourth-order valence-corrected chi connectivity index (χ4v) is 1.77. The van der Waals surface area contributed by atoms with Crippen LogP contribution in [0, 0.1) is 6.92 Å². The highest BCUT2D eigenvalue weighted by molar-refractivity contribution is 6.30. The zero-order chi connectivity index (χ0) is 12.3. The molecule has 0 bridgehead atoms. The van der Waals surface area contributed by atoms with Gasteiger partial charge in [0.05, 0.1) is 0 Å². The van der Waals surface area contributed by atoms with E-state index in [1.165, 1.54) is 0 Å². The van der Waals surface area contributed by atoms with E-state index in [0.717, 1.165) is 40.7 Å². The lowest BCUT2D eigenvalue weighted by atomic mass is 10.1. The van der Waals surface area contributed by atoms with Gasteiger partial charge in [-0.1, -0.05) is 23.7 Å². The predicted octanol–water partition coefficient (Wildman–Crippen LogP) is 3.41. The largest absolute Gasteiger partial charge is 0.356 e. The van der Waals surface area contributed by atoms with Gasteiger partial charge in [-0.05, 0) is 37.7 Å². The summed E-state index contributed by atoms with van der Waals surface area (Å²) in [7, 11) is 0. The van der Waals surface area contributed by atoms with Crippen LogP contribution < -0.4 is 5.32 Å². The highest BCUT2D eigenvalue weighted by Crippen LogP contribution is 2.26. The molecule has 0 aliphatic rings. The second-order valence-electron chi connectivity index (χ2n) is 3.87. The van der Waals surface area contributed by atoms with Crippen molar-refractivity contribution in [3.63, 3.8) is 0 Å². The molecule has 0 radical (unpaired) electrons. The average Bonchev–Trinajstić information content (AvgIpc) is 2.69. The Bertz CT molecular complexity index is 491. The molecule has 0 amide bonds. The summed E-state index contributed by atoms with van der Waals surface area (Å²) in [6.07, 6.45) is 0. The van der Waals surface area contributed by atoms with Gasteiger partial charge in [0.1, 0.15) is 5.69 Å². The maximum atomic E-state index is 5.86. The number of hydrogen-bond acceptors (Lipinski definition) is 3. The Balaban J connectivity index is 2.27. The first-order chi connectivity index (χ1) is 8.22. The number of aromatic nitrogens is 1. The Labute approximate surface area is 106 Å². The van der Waals surface area contributed by atoms with E-state index in [2.05, 4.69) is 17.4 Å². The number of nitrogens with zero attached hydrogens (tertiary/aromatic N) is 1. The van der Waals surface area contributed by atoms with Crippen molar-refractivity contribution in [1.29, 1.82) is 0 Å². The van der Waals surface area contributed by atoms with E-state index >= 15 is 0 Å². The minimum absolute atomic E-state index is 0.721. The lowest BCUT2D eigenvalue weighted by Crippen LogP contribution is -2.12. The second kappa shape index (κ2) is 5.34. The molecule has 1 heterocycles. The van der Waals surface area contributed by atoms with E-state index < -0.39 is 0 Å². The van der Waals surface area contributed by atoms with Crippen molar-refractivity contribution in [3.8, 4) is 11.3 Å². The van der Waals surface area contributed by atoms with Crippen LogP contribution in [0.1, 0.15) is 18.2 Å². The van der Waals surface area contributed by atoms with Gasteiger partial charge >= 0.3 is 0 Å². The molecule has 0 aliphatic heterocycles. The van der Waals surface area contributed by atoms with Gasteiger partial charge in [-0.3, -0.25) is 0 Å². The van der Waals surface area contributed by atoms with E-state index in [4.69, 9.17) is 16.1 Å². The third kappa shape index (κ3) is 2.68. The minimum atomic E-state index is 0.721. The smallest absolute Gasteiger partial charge is 0.170 e. The van der Waals surface area contributed by atoms with Crippen molar-refractivity contribution in [2.24, 2.45) is 0 Å². The summed E-state index contributed by atoms with van der Waals surface area (Å²) in [4.78, 5) is 0. The maximum Gasteiger partial charge on any atom is 0.170 e. The SMILES string of the molecule is CCNCc1noc(-c2ccc(Cl)cc2)c1C. The first-order valence-electron chi connectivity index (χ1n) is 5.64. The predicted molar refractivity (Wildman–Crippen MR) is 69.1 cm³/mol. The number of nitrogens with one attached hydrogen (secondary N) is 1. The van der Waals surface area contributed by atoms with Crippen molar-refractivity contribution in [3.05, 3.63) is 40.5 Å². The van der Waals surface area contributed by atoms with Gasteiger partial charge in [0.2, 0.25) is 0 Å². The second-order valence-corrected chi connectivity index (χ2v) is 4.31. The number of benzene rings is 1. The number of halogens is 1. The summed E-state index contributed by atoms with van der Waals surface area (Å²) in [6, 6.07) is 7.57. The first kappa shape index (κ1) is 12.1. The molecule has 1 aromatic heterocycles. The van der Waals surface area contributed by atoms with E-state index in [0.29, 0.717) is 0 Å². The summed E-state index contributed by atoms with van der Waals surface area (Å²) < 4.78 is 5.39. The Morgan fingerprint density at radius 2 is 2.00 bits per heavy atom. The molecule has 0 unspecified atom stereocenters. The third-order valence-electron chi connectivity index (χ3n) is 2.67. The molecule has 0 saturated heterocycles. The standard InChI is InChI=1S/C13H15ClN2O/c1-3-15-8-12-9(2)13(17-16-12)10-4-6-11(14)7-5-10/h4-7,15H,3,8H2,1-2H3. The van der Waals surface area contributed by atoms with Crippen LogP contribution in [0.2, 0.25) is 5.02 Å². The van der Waals surface area contributed by atoms with Crippen LogP contribution >= 0.6 is 11.6 Å². The topological polar surface area (TPSA) is 38.1 Å². The summed E-state index contributed by atoms with van der Waals surface area (Å²) in [5, 5.41) is 8.04. The van der Waals surface area contributed by atoms with Crippen LogP contribution in [0.15, 0.2) is 28.8 Å². The average molecular weight is 251 g/mol. The van der Waals surface area contributed by atoms with Crippen LogP contribution in [0.3, 0.4) is 0 Å². The lowest BCUT2D eigenvalue weighted by molar-refractivity contribution is 0.420. The Morgan fingerprint density at radius 3 is 2.65 bits per heavy atom. The molecule has 17 heavy (non-hydrogen) atoms. The highest BCUT2D eigenvalue weighted by atomic mass is 35.5. The molecular formula is C13H15ClN2O. The molecule has 1 aromatic carbocycles. The number of rotatable bonds is 4. The molecule has 3 nitrogen and oxygen atoms in total. The van der Waals surface area contributed by atoms with Crippen molar-refractivity contribution in [1.82, 2.24) is 10.5 Å². The molecule has 0 spiro atoms. The van der Waals surface area contributed by atoms with Gasteiger partial charge in [-0.15, -0.1) is 0 Å². The molecular weight excluding hydrogens is 236 g/mol. The van der Waals surface area contributed by atoms with Gasteiger partial charge in [0.25, 0.3) is 0 Å². The first-order valence-corrected chi connectivity index (χ1v) is 6.02. The quantitative estimate of drug-likeness (QED) is 0.904. The fourth-order valence-electron chi connectivity index (χ4n) is 1.65. The number of hydrogen-bond donors (Lipinski definition) is 1. The van der Waals surface area contributed by atoms with E-state index in [-0.39, 0.29) is 0 Å².